The molecular weight excluding hydrogens is 270 g/mol. The minimum Gasteiger partial charge on any atom is -0.504 e. The number of carbonyl (C=O) groups is 1. The number of hydrogen-bond donors (Lipinski definition) is 2. The van der Waals surface area contributed by atoms with E-state index in [9.17, 15) is 9.90 Å². The number of aromatic hydroxyl groups is 1. The number of nitrogens with two attached hydrogens (primary N) is 1. The minimum atomic E-state index is -0.532. The van der Waals surface area contributed by atoms with E-state index in [0.29, 0.717) is 18.8 Å². The van der Waals surface area contributed by atoms with Gasteiger partial charge in [-0.2, -0.15) is 0 Å². The lowest BCUT2D eigenvalue weighted by Gasteiger charge is -2.23. The van der Waals surface area contributed by atoms with Crippen molar-refractivity contribution >= 4 is 5.97 Å². The van der Waals surface area contributed by atoms with Crippen LogP contribution < -0.4 is 10.5 Å². The Balaban J connectivity index is 2.82. The average Bonchev–Trinajstić information content (AvgIpc) is 2.37. The van der Waals surface area contributed by atoms with Gasteiger partial charge in [-0.25, -0.2) is 0 Å². The Kier molecular flexibility index (Phi) is 6.03. The van der Waals surface area contributed by atoms with Crippen LogP contribution in [0.25, 0.3) is 0 Å². The van der Waals surface area contributed by atoms with Crippen molar-refractivity contribution in [3.8, 4) is 11.5 Å². The zero-order chi connectivity index (χ0) is 16.0. The van der Waals surface area contributed by atoms with E-state index in [2.05, 4.69) is 0 Å². The topological polar surface area (TPSA) is 81.8 Å². The maximum atomic E-state index is 12.1. The van der Waals surface area contributed by atoms with Gasteiger partial charge in [0.25, 0.3) is 0 Å². The van der Waals surface area contributed by atoms with E-state index < -0.39 is 11.5 Å². The van der Waals surface area contributed by atoms with Crippen molar-refractivity contribution in [1.82, 2.24) is 0 Å². The maximum absolute atomic E-state index is 12.1. The monoisotopic (exact) mass is 295 g/mol. The van der Waals surface area contributed by atoms with E-state index in [1.54, 1.807) is 18.2 Å². The molecule has 118 valence electrons. The summed E-state index contributed by atoms with van der Waals surface area (Å²) in [7, 11) is 0. The number of carbonyl (C=O) groups excluding carboxylic acids is 1. The summed E-state index contributed by atoms with van der Waals surface area (Å²) >= 11 is 0. The molecule has 0 aliphatic heterocycles. The zero-order valence-corrected chi connectivity index (χ0v) is 13.2. The third-order valence-corrected chi connectivity index (χ3v) is 2.83. The first-order valence-electron chi connectivity index (χ1n) is 7.14. The van der Waals surface area contributed by atoms with Crippen LogP contribution in [0.3, 0.4) is 0 Å². The molecule has 0 saturated heterocycles. The zero-order valence-electron chi connectivity index (χ0n) is 13.2. The fourth-order valence-electron chi connectivity index (χ4n) is 1.89. The van der Waals surface area contributed by atoms with Crippen molar-refractivity contribution in [2.75, 3.05) is 13.2 Å². The number of rotatable bonds is 6. The lowest BCUT2D eigenvalue weighted by atomic mass is 9.98. The highest BCUT2D eigenvalue weighted by atomic mass is 16.6. The molecule has 0 spiro atoms. The minimum absolute atomic E-state index is 0.0853. The molecule has 0 bridgehead atoms. The van der Waals surface area contributed by atoms with Gasteiger partial charge in [0.15, 0.2) is 11.5 Å². The summed E-state index contributed by atoms with van der Waals surface area (Å²) in [6, 6.07) is 5.04. The van der Waals surface area contributed by atoms with E-state index in [1.165, 1.54) is 0 Å². The van der Waals surface area contributed by atoms with Crippen LogP contribution in [-0.2, 0) is 16.0 Å². The highest BCUT2D eigenvalue weighted by Gasteiger charge is 2.24. The van der Waals surface area contributed by atoms with E-state index >= 15 is 0 Å². The summed E-state index contributed by atoms with van der Waals surface area (Å²) in [4.78, 5) is 12.1. The molecule has 0 saturated carbocycles. The predicted molar refractivity (Wildman–Crippen MR) is 81.4 cm³/mol. The van der Waals surface area contributed by atoms with Crippen LogP contribution in [0, 0.1) is 5.92 Å². The van der Waals surface area contributed by atoms with Crippen LogP contribution in [0.5, 0.6) is 11.5 Å². The van der Waals surface area contributed by atoms with Gasteiger partial charge in [0.1, 0.15) is 5.60 Å². The smallest absolute Gasteiger partial charge is 0.311 e. The summed E-state index contributed by atoms with van der Waals surface area (Å²) in [5.41, 5.74) is 6.03. The Morgan fingerprint density at radius 3 is 2.57 bits per heavy atom. The van der Waals surface area contributed by atoms with E-state index in [0.717, 1.165) is 5.56 Å². The molecule has 0 fully saturated rings. The van der Waals surface area contributed by atoms with Gasteiger partial charge >= 0.3 is 5.97 Å². The second kappa shape index (κ2) is 7.31. The lowest BCUT2D eigenvalue weighted by Crippen LogP contribution is -2.33. The first-order valence-corrected chi connectivity index (χ1v) is 7.14. The van der Waals surface area contributed by atoms with Crippen LogP contribution in [-0.4, -0.2) is 29.8 Å². The molecule has 0 aliphatic rings. The molecule has 1 unspecified atom stereocenters. The first kappa shape index (κ1) is 17.3. The van der Waals surface area contributed by atoms with Crippen LogP contribution in [0.1, 0.15) is 33.3 Å². The maximum Gasteiger partial charge on any atom is 0.311 e. The molecule has 3 N–H and O–H groups in total. The van der Waals surface area contributed by atoms with Crippen molar-refractivity contribution in [2.45, 2.75) is 39.7 Å². The Labute approximate surface area is 126 Å². The Hall–Kier alpha value is -1.75. The van der Waals surface area contributed by atoms with Gasteiger partial charge in [-0.3, -0.25) is 4.79 Å². The van der Waals surface area contributed by atoms with Gasteiger partial charge in [-0.1, -0.05) is 6.07 Å². The number of hydrogen-bond acceptors (Lipinski definition) is 5. The molecular formula is C16H25NO4. The Bertz CT molecular complexity index is 480. The van der Waals surface area contributed by atoms with Crippen molar-refractivity contribution in [1.29, 1.82) is 0 Å². The number of esters is 1. The van der Waals surface area contributed by atoms with E-state index in [-0.39, 0.29) is 18.3 Å². The fourth-order valence-corrected chi connectivity index (χ4v) is 1.89. The molecule has 5 nitrogen and oxygen atoms in total. The van der Waals surface area contributed by atoms with Crippen LogP contribution in [0.2, 0.25) is 0 Å². The van der Waals surface area contributed by atoms with Gasteiger partial charge in [0.05, 0.1) is 12.5 Å². The molecule has 0 amide bonds. The number of phenols is 1. The summed E-state index contributed by atoms with van der Waals surface area (Å²) in [5, 5.41) is 9.68. The largest absolute Gasteiger partial charge is 0.504 e. The highest BCUT2D eigenvalue weighted by Crippen LogP contribution is 2.28. The quantitative estimate of drug-likeness (QED) is 0.787. The molecule has 0 aliphatic carbocycles. The van der Waals surface area contributed by atoms with Crippen LogP contribution >= 0.6 is 0 Å². The standard InChI is InChI=1S/C16H25NO4/c1-5-20-14-9-11(6-7-13(14)18)8-12(10-17)15(19)21-16(2,3)4/h6-7,9,12,18H,5,8,10,17H2,1-4H3. The molecule has 1 aromatic rings. The third-order valence-electron chi connectivity index (χ3n) is 2.83. The van der Waals surface area contributed by atoms with Crippen LogP contribution in [0.4, 0.5) is 0 Å². The van der Waals surface area contributed by atoms with Crippen LogP contribution in [0.15, 0.2) is 18.2 Å². The van der Waals surface area contributed by atoms with E-state index in [1.807, 2.05) is 27.7 Å². The molecule has 0 aromatic heterocycles. The molecule has 1 aromatic carbocycles. The van der Waals surface area contributed by atoms with E-state index in [4.69, 9.17) is 15.2 Å². The first-order chi connectivity index (χ1) is 9.76. The number of ether oxygens (including phenoxy) is 2. The molecule has 21 heavy (non-hydrogen) atoms. The van der Waals surface area contributed by atoms with Gasteiger partial charge in [0, 0.05) is 6.54 Å². The Morgan fingerprint density at radius 2 is 2.05 bits per heavy atom. The Morgan fingerprint density at radius 1 is 1.38 bits per heavy atom. The SMILES string of the molecule is CCOc1cc(CC(CN)C(=O)OC(C)(C)C)ccc1O. The van der Waals surface area contributed by atoms with Gasteiger partial charge < -0.3 is 20.3 Å². The lowest BCUT2D eigenvalue weighted by molar-refractivity contribution is -0.159. The normalized spacial score (nSPS) is 12.8. The number of benzene rings is 1. The van der Waals surface area contributed by atoms with Crippen molar-refractivity contribution in [2.24, 2.45) is 11.7 Å². The number of phenolic OH excluding ortho intramolecular Hbond substituents is 1. The van der Waals surface area contributed by atoms with Gasteiger partial charge in [-0.15, -0.1) is 0 Å². The summed E-state index contributed by atoms with van der Waals surface area (Å²) < 4.78 is 10.7. The molecule has 0 radical (unpaired) electrons. The van der Waals surface area contributed by atoms with Gasteiger partial charge in [0.2, 0.25) is 0 Å². The molecule has 0 heterocycles. The van der Waals surface area contributed by atoms with Crippen molar-refractivity contribution < 1.29 is 19.4 Å². The molecule has 1 rings (SSSR count). The summed E-state index contributed by atoms with van der Waals surface area (Å²) in [6.07, 6.45) is 0.450. The third kappa shape index (κ3) is 5.63. The second-order valence-corrected chi connectivity index (χ2v) is 5.91. The summed E-state index contributed by atoms with van der Waals surface area (Å²) in [6.45, 7) is 7.99. The fraction of sp³-hybridized carbons (Fsp3) is 0.562. The summed E-state index contributed by atoms with van der Waals surface area (Å²) in [5.74, 6) is -0.226. The van der Waals surface area contributed by atoms with Gasteiger partial charge in [-0.05, 0) is 51.8 Å². The average molecular weight is 295 g/mol. The predicted octanol–water partition coefficient (Wildman–Crippen LogP) is 2.25. The molecule has 5 heteroatoms. The van der Waals surface area contributed by atoms with Crippen molar-refractivity contribution in [3.63, 3.8) is 0 Å². The molecule has 1 atom stereocenters. The highest BCUT2D eigenvalue weighted by molar-refractivity contribution is 5.73. The van der Waals surface area contributed by atoms with Crippen molar-refractivity contribution in [3.05, 3.63) is 23.8 Å². The second-order valence-electron chi connectivity index (χ2n) is 5.91.